The maximum Gasteiger partial charge on any atom is 0.175 e. The van der Waals surface area contributed by atoms with Crippen molar-refractivity contribution in [3.63, 3.8) is 0 Å². The third kappa shape index (κ3) is 6.62. The van der Waals surface area contributed by atoms with Gasteiger partial charge >= 0.3 is 0 Å². The largest absolute Gasteiger partial charge is 0.493 e. The molecule has 236 valence electrons. The minimum Gasteiger partial charge on any atom is -0.493 e. The molecule has 0 aromatic heterocycles. The van der Waals surface area contributed by atoms with E-state index in [2.05, 4.69) is 48.5 Å². The zero-order chi connectivity index (χ0) is 32.0. The van der Waals surface area contributed by atoms with Gasteiger partial charge in [-0.1, -0.05) is 57.0 Å². The number of carbonyl (C=O) groups is 2. The van der Waals surface area contributed by atoms with Gasteiger partial charge in [-0.25, -0.2) is 0 Å². The van der Waals surface area contributed by atoms with Gasteiger partial charge in [0.2, 0.25) is 0 Å². The maximum atomic E-state index is 14.1. The van der Waals surface area contributed by atoms with Gasteiger partial charge in [-0.3, -0.25) is 9.59 Å². The number of Topliss-reactive ketones (excluding diaryl/α,β-unsaturated/α-hetero) is 2. The highest BCUT2D eigenvalue weighted by Crippen LogP contribution is 2.55. The predicted octanol–water partition coefficient (Wildman–Crippen LogP) is 9.07. The van der Waals surface area contributed by atoms with Crippen LogP contribution in [0.1, 0.15) is 76.8 Å². The monoisotopic (exact) mass is 703 g/mol. The Bertz CT molecular complexity index is 1510. The smallest absolute Gasteiger partial charge is 0.175 e. The van der Waals surface area contributed by atoms with E-state index in [0.717, 1.165) is 52.9 Å². The summed E-state index contributed by atoms with van der Waals surface area (Å²) in [7, 11) is 3.29. The van der Waals surface area contributed by atoms with Crippen molar-refractivity contribution in [3.8, 4) is 11.5 Å². The average molecular weight is 706 g/mol. The third-order valence-corrected chi connectivity index (χ3v) is 10.0. The van der Waals surface area contributed by atoms with E-state index in [0.29, 0.717) is 52.0 Å². The zero-order valence-electron chi connectivity index (χ0n) is 26.2. The molecule has 44 heavy (non-hydrogen) atoms. The summed E-state index contributed by atoms with van der Waals surface area (Å²) < 4.78 is 18.1. The molecule has 0 N–H and O–H groups in total. The van der Waals surface area contributed by atoms with E-state index in [-0.39, 0.29) is 29.0 Å². The van der Waals surface area contributed by atoms with Crippen LogP contribution in [-0.4, -0.2) is 43.8 Å². The van der Waals surface area contributed by atoms with Crippen molar-refractivity contribution in [1.29, 1.82) is 0 Å². The van der Waals surface area contributed by atoms with Crippen LogP contribution in [-0.2, 0) is 20.9 Å². The molecule has 1 aliphatic heterocycles. The molecule has 0 saturated heterocycles. The lowest BCUT2D eigenvalue weighted by Gasteiger charge is -2.49. The molecule has 0 amide bonds. The fourth-order valence-electron chi connectivity index (χ4n) is 6.85. The van der Waals surface area contributed by atoms with Gasteiger partial charge in [0, 0.05) is 61.6 Å². The highest BCUT2D eigenvalue weighted by molar-refractivity contribution is 9.10. The van der Waals surface area contributed by atoms with E-state index in [1.807, 2.05) is 18.2 Å². The van der Waals surface area contributed by atoms with Crippen LogP contribution in [0.4, 0.5) is 0 Å². The van der Waals surface area contributed by atoms with Gasteiger partial charge < -0.3 is 19.1 Å². The van der Waals surface area contributed by atoms with Crippen LogP contribution in [0.5, 0.6) is 11.5 Å². The number of ketones is 2. The molecule has 0 unspecified atom stereocenters. The molecule has 1 heterocycles. The van der Waals surface area contributed by atoms with Gasteiger partial charge in [0.05, 0.1) is 21.6 Å². The number of hydrogen-bond donors (Lipinski definition) is 0. The first kappa shape index (κ1) is 33.1. The number of methoxy groups -OCH3 is 2. The van der Waals surface area contributed by atoms with Crippen LogP contribution in [0.3, 0.4) is 0 Å². The molecule has 0 atom stereocenters. The Balaban J connectivity index is 1.63. The van der Waals surface area contributed by atoms with Crippen molar-refractivity contribution in [1.82, 2.24) is 4.90 Å². The summed E-state index contributed by atoms with van der Waals surface area (Å²) in [6, 6.07) is 9.25. The highest BCUT2D eigenvalue weighted by Gasteiger charge is 2.49. The summed E-state index contributed by atoms with van der Waals surface area (Å²) in [5, 5.41) is 0.934. The summed E-state index contributed by atoms with van der Waals surface area (Å²) in [6.45, 7) is 10.1. The summed E-state index contributed by atoms with van der Waals surface area (Å²) in [5.41, 5.74) is 4.83. The molecule has 5 rings (SSSR count). The second kappa shape index (κ2) is 12.8. The van der Waals surface area contributed by atoms with E-state index >= 15 is 0 Å². The lowest BCUT2D eigenvalue weighted by Crippen LogP contribution is -2.44. The van der Waals surface area contributed by atoms with E-state index in [4.69, 9.17) is 37.4 Å². The van der Waals surface area contributed by atoms with E-state index < -0.39 is 5.92 Å². The average Bonchev–Trinajstić information content (AvgIpc) is 2.93. The van der Waals surface area contributed by atoms with E-state index in [9.17, 15) is 9.59 Å². The summed E-state index contributed by atoms with van der Waals surface area (Å²) in [4.78, 5) is 30.5. The quantitative estimate of drug-likeness (QED) is 0.243. The number of carbonyl (C=O) groups excluding carboxylic acids is 2. The molecule has 0 fully saturated rings. The number of hydrogen-bond acceptors (Lipinski definition) is 6. The molecule has 0 radical (unpaired) electrons. The molecule has 0 spiro atoms. The van der Waals surface area contributed by atoms with Crippen molar-refractivity contribution in [2.75, 3.05) is 27.4 Å². The zero-order valence-corrected chi connectivity index (χ0v) is 29.3. The number of halogens is 3. The first-order valence-electron chi connectivity index (χ1n) is 15.0. The van der Waals surface area contributed by atoms with Crippen molar-refractivity contribution in [3.05, 3.63) is 78.5 Å². The van der Waals surface area contributed by atoms with Crippen molar-refractivity contribution in [2.45, 2.75) is 72.3 Å². The molecular weight excluding hydrogens is 665 g/mol. The fraction of sp³-hybridized carbons (Fsp3) is 0.486. The number of allylic oxidation sites excluding steroid dienone is 4. The second-order valence-electron chi connectivity index (χ2n) is 13.6. The van der Waals surface area contributed by atoms with Crippen molar-refractivity contribution >= 4 is 50.7 Å². The van der Waals surface area contributed by atoms with Gasteiger partial charge in [0.1, 0.15) is 6.61 Å². The fourth-order valence-corrected chi connectivity index (χ4v) is 7.74. The van der Waals surface area contributed by atoms with Gasteiger partial charge in [-0.2, -0.15) is 0 Å². The second-order valence-corrected chi connectivity index (χ2v) is 15.3. The number of nitrogens with zero attached hydrogens (tertiary/aromatic N) is 1. The van der Waals surface area contributed by atoms with Crippen LogP contribution >= 0.6 is 39.1 Å². The Morgan fingerprint density at radius 2 is 1.50 bits per heavy atom. The standard InChI is InChI=1S/C35H40BrCl2NO5/c1-34(2)15-25-31(27(40)17-34)30(32-26(39(25)10-7-11-42-5)16-35(3,4)18-28(32)41)21-13-22(36)33(29(14-21)43-6)44-19-20-8-9-23(37)24(38)12-20/h8-9,12-14,30H,7,10-11,15-19H2,1-6H3. The van der Waals surface area contributed by atoms with Crippen LogP contribution in [0.15, 0.2) is 57.3 Å². The van der Waals surface area contributed by atoms with Crippen LogP contribution < -0.4 is 9.47 Å². The van der Waals surface area contributed by atoms with Crippen LogP contribution in [0, 0.1) is 10.8 Å². The Morgan fingerprint density at radius 1 is 0.886 bits per heavy atom. The lowest BCUT2D eigenvalue weighted by atomic mass is 9.63. The summed E-state index contributed by atoms with van der Waals surface area (Å²) >= 11 is 16.0. The molecule has 0 saturated carbocycles. The first-order chi connectivity index (χ1) is 20.7. The minimum atomic E-state index is -0.486. The lowest BCUT2D eigenvalue weighted by molar-refractivity contribution is -0.119. The normalized spacial score (nSPS) is 19.7. The Labute approximate surface area is 278 Å². The van der Waals surface area contributed by atoms with Gasteiger partial charge in [-0.15, -0.1) is 0 Å². The first-order valence-corrected chi connectivity index (χ1v) is 16.5. The Hall–Kier alpha value is -2.32. The summed E-state index contributed by atoms with van der Waals surface area (Å²) in [6.07, 6.45) is 3.17. The van der Waals surface area contributed by atoms with Crippen molar-refractivity contribution in [2.24, 2.45) is 10.8 Å². The number of benzene rings is 2. The molecule has 2 aliphatic carbocycles. The number of ether oxygens (including phenoxy) is 3. The van der Waals surface area contributed by atoms with E-state index in [1.54, 1.807) is 26.4 Å². The molecule has 9 heteroatoms. The Kier molecular flexibility index (Phi) is 9.63. The van der Waals surface area contributed by atoms with Gasteiger partial charge in [-0.05, 0) is 81.4 Å². The molecule has 2 aromatic carbocycles. The highest BCUT2D eigenvalue weighted by atomic mass is 79.9. The Morgan fingerprint density at radius 3 is 2.05 bits per heavy atom. The topological polar surface area (TPSA) is 65.1 Å². The SMILES string of the molecule is COCCCN1C2=C(C(=O)CC(C)(C)C2)C(c2cc(Br)c(OCc3ccc(Cl)c(Cl)c3)c(OC)c2)C2=C1CC(C)(C)CC2=O. The minimum absolute atomic E-state index is 0.0946. The molecular formula is C35H40BrCl2NO5. The predicted molar refractivity (Wildman–Crippen MR) is 178 cm³/mol. The molecule has 0 bridgehead atoms. The number of rotatable bonds is 9. The van der Waals surface area contributed by atoms with Gasteiger partial charge in [0.15, 0.2) is 23.1 Å². The molecule has 6 nitrogen and oxygen atoms in total. The van der Waals surface area contributed by atoms with Crippen LogP contribution in [0.2, 0.25) is 10.0 Å². The molecule has 3 aliphatic rings. The third-order valence-electron chi connectivity index (χ3n) is 8.70. The molecule has 2 aromatic rings. The van der Waals surface area contributed by atoms with Gasteiger partial charge in [0.25, 0.3) is 0 Å². The van der Waals surface area contributed by atoms with E-state index in [1.165, 1.54) is 0 Å². The summed E-state index contributed by atoms with van der Waals surface area (Å²) in [5.74, 6) is 0.734. The maximum absolute atomic E-state index is 14.1. The van der Waals surface area contributed by atoms with Crippen LogP contribution in [0.25, 0.3) is 0 Å². The van der Waals surface area contributed by atoms with Crippen molar-refractivity contribution < 1.29 is 23.8 Å².